The van der Waals surface area contributed by atoms with Gasteiger partial charge >= 0.3 is 0 Å². The van der Waals surface area contributed by atoms with Gasteiger partial charge in [-0.15, -0.1) is 0 Å². The van der Waals surface area contributed by atoms with E-state index in [9.17, 15) is 18.0 Å². The Morgan fingerprint density at radius 3 is 2.67 bits per heavy atom. The second-order valence-corrected chi connectivity index (χ2v) is 8.56. The molecule has 1 aliphatic heterocycles. The topological polar surface area (TPSA) is 131 Å². The molecule has 1 aromatic carbocycles. The molecule has 0 saturated carbocycles. The molecule has 1 atom stereocenters. The third kappa shape index (κ3) is 5.30. The van der Waals surface area contributed by atoms with Gasteiger partial charge in [-0.1, -0.05) is 0 Å². The minimum atomic E-state index is -3.87. The summed E-state index contributed by atoms with van der Waals surface area (Å²) in [7, 11) is -2.31. The molecule has 2 aromatic rings. The van der Waals surface area contributed by atoms with Gasteiger partial charge in [-0.3, -0.25) is 9.59 Å². The Bertz CT molecular complexity index is 1030. The number of methoxy groups -OCH3 is 1. The number of hydrogen-bond donors (Lipinski definition) is 2. The molecule has 0 bridgehead atoms. The Morgan fingerprint density at radius 2 is 2.00 bits per heavy atom. The van der Waals surface area contributed by atoms with Crippen LogP contribution >= 0.6 is 0 Å². The standard InChI is InChI=1S/C19H23N5O5S/c1-13-7-8-20-19(21-13)23-30(27,28)16-5-3-15(4-6-16)22-18(26)14-11-17(25)24(12-14)9-10-29-2/h3-8,14H,9-12H2,1-2H3,(H,22,26)(H,20,21,23). The highest BCUT2D eigenvalue weighted by atomic mass is 32.2. The fourth-order valence-corrected chi connectivity index (χ4v) is 3.96. The molecule has 1 aromatic heterocycles. The number of aromatic nitrogens is 2. The van der Waals surface area contributed by atoms with Crippen LogP contribution in [-0.4, -0.2) is 61.9 Å². The number of hydrogen-bond acceptors (Lipinski definition) is 7. The fraction of sp³-hybridized carbons (Fsp3) is 0.368. The van der Waals surface area contributed by atoms with Crippen LogP contribution in [0.25, 0.3) is 0 Å². The number of ether oxygens (including phenoxy) is 1. The Hall–Kier alpha value is -3.05. The average Bonchev–Trinajstić information content (AvgIpc) is 3.07. The molecule has 1 unspecified atom stereocenters. The number of benzene rings is 1. The summed E-state index contributed by atoms with van der Waals surface area (Å²) in [6.45, 7) is 2.92. The van der Waals surface area contributed by atoms with E-state index in [0.717, 1.165) is 0 Å². The van der Waals surface area contributed by atoms with Crippen LogP contribution in [0, 0.1) is 12.8 Å². The minimum Gasteiger partial charge on any atom is -0.383 e. The second kappa shape index (κ2) is 9.18. The number of rotatable bonds is 8. The van der Waals surface area contributed by atoms with Crippen molar-refractivity contribution in [3.8, 4) is 0 Å². The van der Waals surface area contributed by atoms with Crippen molar-refractivity contribution in [2.45, 2.75) is 18.2 Å². The lowest BCUT2D eigenvalue weighted by Gasteiger charge is -2.16. The SMILES string of the molecule is COCCN1CC(C(=O)Nc2ccc(S(=O)(=O)Nc3nccc(C)n3)cc2)CC1=O. The predicted octanol–water partition coefficient (Wildman–Crippen LogP) is 1.02. The average molecular weight is 433 g/mol. The summed E-state index contributed by atoms with van der Waals surface area (Å²) < 4.78 is 32.2. The lowest BCUT2D eigenvalue weighted by Crippen LogP contribution is -2.30. The Kier molecular flexibility index (Phi) is 6.63. The van der Waals surface area contributed by atoms with E-state index in [4.69, 9.17) is 4.74 Å². The number of likely N-dealkylation sites (tertiary alicyclic amines) is 1. The summed E-state index contributed by atoms with van der Waals surface area (Å²) in [5.74, 6) is -0.850. The van der Waals surface area contributed by atoms with Gasteiger partial charge in [-0.05, 0) is 37.3 Å². The highest BCUT2D eigenvalue weighted by molar-refractivity contribution is 7.92. The van der Waals surface area contributed by atoms with Gasteiger partial charge in [0, 0.05) is 44.2 Å². The lowest BCUT2D eigenvalue weighted by atomic mass is 10.1. The third-order valence-electron chi connectivity index (χ3n) is 4.60. The van der Waals surface area contributed by atoms with E-state index >= 15 is 0 Å². The molecule has 0 radical (unpaired) electrons. The van der Waals surface area contributed by atoms with Crippen LogP contribution < -0.4 is 10.0 Å². The van der Waals surface area contributed by atoms with Crippen LogP contribution in [-0.2, 0) is 24.3 Å². The van der Waals surface area contributed by atoms with Crippen molar-refractivity contribution in [3.05, 3.63) is 42.2 Å². The van der Waals surface area contributed by atoms with Crippen LogP contribution in [0.2, 0.25) is 0 Å². The third-order valence-corrected chi connectivity index (χ3v) is 5.95. The zero-order valence-electron chi connectivity index (χ0n) is 16.7. The molecule has 1 saturated heterocycles. The molecule has 1 aliphatic rings. The van der Waals surface area contributed by atoms with Gasteiger partial charge in [0.2, 0.25) is 17.8 Å². The van der Waals surface area contributed by atoms with Crippen LogP contribution in [0.1, 0.15) is 12.1 Å². The Morgan fingerprint density at radius 1 is 1.27 bits per heavy atom. The molecule has 0 aliphatic carbocycles. The number of carbonyl (C=O) groups excluding carboxylic acids is 2. The van der Waals surface area contributed by atoms with E-state index in [0.29, 0.717) is 31.1 Å². The van der Waals surface area contributed by atoms with Crippen molar-refractivity contribution in [3.63, 3.8) is 0 Å². The summed E-state index contributed by atoms with van der Waals surface area (Å²) in [5, 5.41) is 2.73. The molecule has 160 valence electrons. The van der Waals surface area contributed by atoms with Crippen molar-refractivity contribution in [2.24, 2.45) is 5.92 Å². The summed E-state index contributed by atoms with van der Waals surface area (Å²) in [6.07, 6.45) is 1.60. The maximum Gasteiger partial charge on any atom is 0.264 e. The van der Waals surface area contributed by atoms with E-state index in [1.807, 2.05) is 0 Å². The molecule has 1 fully saturated rings. The molecule has 0 spiro atoms. The van der Waals surface area contributed by atoms with E-state index < -0.39 is 15.9 Å². The molecular weight excluding hydrogens is 410 g/mol. The van der Waals surface area contributed by atoms with E-state index in [1.54, 1.807) is 25.0 Å². The maximum atomic E-state index is 12.5. The fourth-order valence-electron chi connectivity index (χ4n) is 3.00. The van der Waals surface area contributed by atoms with Crippen LogP contribution in [0.5, 0.6) is 0 Å². The quantitative estimate of drug-likeness (QED) is 0.635. The molecule has 2 amide bonds. The van der Waals surface area contributed by atoms with Gasteiger partial charge in [0.25, 0.3) is 10.0 Å². The largest absolute Gasteiger partial charge is 0.383 e. The van der Waals surface area contributed by atoms with Gasteiger partial charge in [0.05, 0.1) is 17.4 Å². The number of anilines is 2. The Balaban J connectivity index is 1.61. The Labute approximate surface area is 174 Å². The second-order valence-electron chi connectivity index (χ2n) is 6.87. The highest BCUT2D eigenvalue weighted by Crippen LogP contribution is 2.21. The molecule has 3 rings (SSSR count). The van der Waals surface area contributed by atoms with Gasteiger partial charge < -0.3 is 15.0 Å². The van der Waals surface area contributed by atoms with Crippen molar-refractivity contribution < 1.29 is 22.7 Å². The van der Waals surface area contributed by atoms with Gasteiger partial charge in [-0.2, -0.15) is 0 Å². The highest BCUT2D eigenvalue weighted by Gasteiger charge is 2.34. The van der Waals surface area contributed by atoms with Crippen molar-refractivity contribution in [1.29, 1.82) is 0 Å². The molecule has 10 nitrogen and oxygen atoms in total. The van der Waals surface area contributed by atoms with Gasteiger partial charge in [0.1, 0.15) is 0 Å². The zero-order chi connectivity index (χ0) is 21.7. The molecule has 2 heterocycles. The molecule has 11 heteroatoms. The summed E-state index contributed by atoms with van der Waals surface area (Å²) in [5.41, 5.74) is 1.07. The molecular formula is C19H23N5O5S. The van der Waals surface area contributed by atoms with Crippen molar-refractivity contribution in [1.82, 2.24) is 14.9 Å². The first-order chi connectivity index (χ1) is 14.3. The summed E-state index contributed by atoms with van der Waals surface area (Å²) >= 11 is 0. The smallest absolute Gasteiger partial charge is 0.264 e. The first-order valence-corrected chi connectivity index (χ1v) is 10.8. The van der Waals surface area contributed by atoms with E-state index in [2.05, 4.69) is 20.0 Å². The number of nitrogens with zero attached hydrogens (tertiary/aromatic N) is 3. The van der Waals surface area contributed by atoms with Crippen LogP contribution in [0.4, 0.5) is 11.6 Å². The number of carbonyl (C=O) groups is 2. The van der Waals surface area contributed by atoms with E-state index in [-0.39, 0.29) is 29.1 Å². The number of nitrogens with one attached hydrogen (secondary N) is 2. The number of sulfonamides is 1. The predicted molar refractivity (Wildman–Crippen MR) is 109 cm³/mol. The zero-order valence-corrected chi connectivity index (χ0v) is 17.5. The van der Waals surface area contributed by atoms with Crippen LogP contribution in [0.15, 0.2) is 41.4 Å². The first kappa shape index (κ1) is 21.7. The minimum absolute atomic E-state index is 0.00684. The lowest BCUT2D eigenvalue weighted by molar-refractivity contribution is -0.128. The number of aryl methyl sites for hydroxylation is 1. The van der Waals surface area contributed by atoms with Crippen molar-refractivity contribution in [2.75, 3.05) is 36.8 Å². The molecule has 30 heavy (non-hydrogen) atoms. The van der Waals surface area contributed by atoms with E-state index in [1.165, 1.54) is 30.5 Å². The number of amides is 2. The summed E-state index contributed by atoms with van der Waals surface area (Å²) in [4.78, 5) is 34.0. The monoisotopic (exact) mass is 433 g/mol. The first-order valence-electron chi connectivity index (χ1n) is 9.28. The summed E-state index contributed by atoms with van der Waals surface area (Å²) in [6, 6.07) is 7.38. The van der Waals surface area contributed by atoms with Gasteiger partial charge in [0.15, 0.2) is 0 Å². The maximum absolute atomic E-state index is 12.5. The molecule has 2 N–H and O–H groups in total. The normalized spacial score (nSPS) is 16.5. The van der Waals surface area contributed by atoms with Crippen LogP contribution in [0.3, 0.4) is 0 Å². The van der Waals surface area contributed by atoms with Crippen molar-refractivity contribution >= 4 is 33.5 Å². The van der Waals surface area contributed by atoms with Gasteiger partial charge in [-0.25, -0.2) is 23.1 Å².